The number of benzene rings is 1. The Morgan fingerprint density at radius 3 is 2.50 bits per heavy atom. The van der Waals surface area contributed by atoms with Gasteiger partial charge in [-0.1, -0.05) is 18.2 Å². The van der Waals surface area contributed by atoms with Crippen LogP contribution in [0.1, 0.15) is 0 Å². The van der Waals surface area contributed by atoms with Crippen molar-refractivity contribution in [2.24, 2.45) is 9.98 Å². The normalized spacial score (nSPS) is 9.14. The van der Waals surface area contributed by atoms with Crippen LogP contribution in [0.15, 0.2) is 57.8 Å². The molecule has 14 heavy (non-hydrogen) atoms. The molecule has 0 fully saturated rings. The number of thiophene rings is 1. The first-order chi connectivity index (χ1) is 6.95. The minimum atomic E-state index is 0.868. The number of hydrogen-bond acceptors (Lipinski definition) is 3. The van der Waals surface area contributed by atoms with Crippen molar-refractivity contribution < 1.29 is 0 Å². The van der Waals surface area contributed by atoms with Crippen molar-refractivity contribution in [2.45, 2.75) is 0 Å². The molecule has 2 aromatic rings. The summed E-state index contributed by atoms with van der Waals surface area (Å²) < 4.78 is 0. The zero-order valence-corrected chi connectivity index (χ0v) is 8.24. The molecular weight excluding hydrogens is 192 g/mol. The summed E-state index contributed by atoms with van der Waals surface area (Å²) in [5, 5.41) is 2.90. The molecule has 0 amide bonds. The van der Waals surface area contributed by atoms with E-state index in [2.05, 4.69) is 16.0 Å². The fourth-order valence-electron chi connectivity index (χ4n) is 0.968. The van der Waals surface area contributed by atoms with Crippen molar-refractivity contribution in [1.29, 1.82) is 0 Å². The van der Waals surface area contributed by atoms with Gasteiger partial charge in [-0.2, -0.15) is 9.98 Å². The molecule has 2 nitrogen and oxygen atoms in total. The molecule has 0 atom stereocenters. The zero-order valence-electron chi connectivity index (χ0n) is 7.42. The smallest absolute Gasteiger partial charge is 0.127 e. The maximum atomic E-state index is 4.07. The van der Waals surface area contributed by atoms with Gasteiger partial charge in [-0.25, -0.2) is 0 Å². The molecule has 0 saturated heterocycles. The van der Waals surface area contributed by atoms with Gasteiger partial charge in [0.1, 0.15) is 11.0 Å². The number of aliphatic imine (C=N–C) groups is 2. The first-order valence-electron chi connectivity index (χ1n) is 4.20. The lowest BCUT2D eigenvalue weighted by atomic mass is 10.3. The third-order valence-electron chi connectivity index (χ3n) is 1.60. The third kappa shape index (κ3) is 2.39. The van der Waals surface area contributed by atoms with Gasteiger partial charge in [-0.15, -0.1) is 11.3 Å². The number of nitrogens with zero attached hydrogens (tertiary/aromatic N) is 2. The average molecular weight is 200 g/mol. The van der Waals surface area contributed by atoms with E-state index in [1.807, 2.05) is 47.8 Å². The molecule has 0 aliphatic rings. The summed E-state index contributed by atoms with van der Waals surface area (Å²) in [6.45, 7) is 0. The van der Waals surface area contributed by atoms with Crippen molar-refractivity contribution in [1.82, 2.24) is 0 Å². The third-order valence-corrected chi connectivity index (χ3v) is 2.36. The Balaban J connectivity index is 2.15. The fourth-order valence-corrected chi connectivity index (χ4v) is 1.52. The van der Waals surface area contributed by atoms with E-state index in [9.17, 15) is 0 Å². The number of para-hydroxylation sites is 1. The van der Waals surface area contributed by atoms with Crippen LogP contribution in [0.3, 0.4) is 0 Å². The maximum absolute atomic E-state index is 4.07. The molecule has 0 radical (unpaired) electrons. The highest BCUT2D eigenvalue weighted by Gasteiger charge is 1.85. The molecule has 1 aromatic heterocycles. The monoisotopic (exact) mass is 200 g/mol. The van der Waals surface area contributed by atoms with Crippen molar-refractivity contribution in [2.75, 3.05) is 0 Å². The minimum absolute atomic E-state index is 0.868. The van der Waals surface area contributed by atoms with E-state index in [1.54, 1.807) is 11.3 Å². The molecule has 2 rings (SSSR count). The van der Waals surface area contributed by atoms with E-state index >= 15 is 0 Å². The lowest BCUT2D eigenvalue weighted by Gasteiger charge is -1.85. The minimum Gasteiger partial charge on any atom is -0.188 e. The Morgan fingerprint density at radius 1 is 0.929 bits per heavy atom. The second kappa shape index (κ2) is 4.51. The van der Waals surface area contributed by atoms with Gasteiger partial charge in [0.15, 0.2) is 0 Å². The van der Waals surface area contributed by atoms with Crippen molar-refractivity contribution in [3.8, 4) is 0 Å². The largest absolute Gasteiger partial charge is 0.188 e. The van der Waals surface area contributed by atoms with Gasteiger partial charge in [-0.3, -0.25) is 0 Å². The van der Waals surface area contributed by atoms with Crippen LogP contribution in [-0.2, 0) is 0 Å². The Labute approximate surface area is 86.3 Å². The molecule has 0 bridgehead atoms. The summed E-state index contributed by atoms with van der Waals surface area (Å²) in [7, 11) is 0. The molecule has 0 aliphatic carbocycles. The van der Waals surface area contributed by atoms with E-state index in [-0.39, 0.29) is 0 Å². The Hall–Kier alpha value is -1.70. The van der Waals surface area contributed by atoms with Crippen LogP contribution in [0.25, 0.3) is 0 Å². The molecule has 3 heteroatoms. The summed E-state index contributed by atoms with van der Waals surface area (Å²) in [4.78, 5) is 8.13. The quantitative estimate of drug-likeness (QED) is 0.657. The van der Waals surface area contributed by atoms with Gasteiger partial charge in [0.25, 0.3) is 0 Å². The number of rotatable bonds is 2. The molecular formula is C11H8N2S. The van der Waals surface area contributed by atoms with Gasteiger partial charge in [0, 0.05) is 0 Å². The first kappa shape index (κ1) is 8.88. The standard InChI is InChI=1S/C11H8N2S/c1-2-5-10(6-3-1)12-9-13-11-7-4-8-14-11/h1-8H. The highest BCUT2D eigenvalue weighted by atomic mass is 32.1. The molecule has 0 saturated carbocycles. The molecule has 68 valence electrons. The summed E-state index contributed by atoms with van der Waals surface area (Å²) in [5.41, 5.74) is 0.868. The van der Waals surface area contributed by atoms with Crippen LogP contribution in [-0.4, -0.2) is 6.01 Å². The van der Waals surface area contributed by atoms with Crippen LogP contribution in [0.5, 0.6) is 0 Å². The zero-order chi connectivity index (χ0) is 9.64. The first-order valence-corrected chi connectivity index (χ1v) is 5.08. The van der Waals surface area contributed by atoms with Crippen molar-refractivity contribution in [3.63, 3.8) is 0 Å². The van der Waals surface area contributed by atoms with Crippen LogP contribution >= 0.6 is 11.3 Å². The van der Waals surface area contributed by atoms with Gasteiger partial charge >= 0.3 is 0 Å². The predicted molar refractivity (Wildman–Crippen MR) is 59.9 cm³/mol. The molecule has 0 spiro atoms. The van der Waals surface area contributed by atoms with Crippen LogP contribution in [0.4, 0.5) is 10.7 Å². The summed E-state index contributed by atoms with van der Waals surface area (Å²) >= 11 is 1.57. The SMILES string of the molecule is C(=Nc1ccccc1)=Nc1cccs1. The highest BCUT2D eigenvalue weighted by Crippen LogP contribution is 2.18. The maximum Gasteiger partial charge on any atom is 0.127 e. The Kier molecular flexibility index (Phi) is 2.86. The number of hydrogen-bond donors (Lipinski definition) is 0. The molecule has 0 N–H and O–H groups in total. The molecule has 0 unspecified atom stereocenters. The second-order valence-corrected chi connectivity index (χ2v) is 3.54. The van der Waals surface area contributed by atoms with Gasteiger partial charge in [0.05, 0.1) is 5.69 Å². The lowest BCUT2D eigenvalue weighted by Crippen LogP contribution is -1.60. The molecule has 0 aliphatic heterocycles. The Morgan fingerprint density at radius 2 is 1.79 bits per heavy atom. The highest BCUT2D eigenvalue weighted by molar-refractivity contribution is 7.13. The topological polar surface area (TPSA) is 24.7 Å². The lowest BCUT2D eigenvalue weighted by molar-refractivity contribution is 1.52. The van der Waals surface area contributed by atoms with Gasteiger partial charge in [-0.05, 0) is 29.6 Å². The Bertz CT molecular complexity index is 439. The summed E-state index contributed by atoms with van der Waals surface area (Å²) in [5.74, 6) is 0. The van der Waals surface area contributed by atoms with Crippen molar-refractivity contribution >= 4 is 28.0 Å². The van der Waals surface area contributed by atoms with Gasteiger partial charge < -0.3 is 0 Å². The van der Waals surface area contributed by atoms with Crippen LogP contribution in [0.2, 0.25) is 0 Å². The van der Waals surface area contributed by atoms with Crippen LogP contribution in [0, 0.1) is 0 Å². The molecule has 1 heterocycles. The van der Waals surface area contributed by atoms with E-state index in [4.69, 9.17) is 0 Å². The van der Waals surface area contributed by atoms with Gasteiger partial charge in [0.2, 0.25) is 0 Å². The summed E-state index contributed by atoms with van der Waals surface area (Å²) in [6, 6.07) is 16.2. The summed E-state index contributed by atoms with van der Waals surface area (Å²) in [6.07, 6.45) is 0. The molecule has 1 aromatic carbocycles. The van der Waals surface area contributed by atoms with E-state index in [1.165, 1.54) is 0 Å². The van der Waals surface area contributed by atoms with E-state index in [0.717, 1.165) is 10.7 Å². The van der Waals surface area contributed by atoms with E-state index in [0.29, 0.717) is 0 Å². The van der Waals surface area contributed by atoms with Crippen molar-refractivity contribution in [3.05, 3.63) is 47.8 Å². The van der Waals surface area contributed by atoms with E-state index < -0.39 is 0 Å². The fraction of sp³-hybridized carbons (Fsp3) is 0. The average Bonchev–Trinajstić information content (AvgIpc) is 2.72. The second-order valence-electron chi connectivity index (χ2n) is 2.61. The van der Waals surface area contributed by atoms with Crippen LogP contribution < -0.4 is 0 Å². The predicted octanol–water partition coefficient (Wildman–Crippen LogP) is 3.89.